The quantitative estimate of drug-likeness (QED) is 0.682. The van der Waals surface area contributed by atoms with E-state index < -0.39 is 5.60 Å². The lowest BCUT2D eigenvalue weighted by Crippen LogP contribution is -2.50. The largest absolute Gasteiger partial charge is 0.444 e. The lowest BCUT2D eigenvalue weighted by molar-refractivity contribution is 0.0240. The number of ether oxygens (including phenoxy) is 1. The van der Waals surface area contributed by atoms with E-state index in [0.29, 0.717) is 13.1 Å². The number of rotatable bonds is 2. The first-order valence-corrected chi connectivity index (χ1v) is 9.52. The molecule has 7 nitrogen and oxygen atoms in total. The second-order valence-electron chi connectivity index (χ2n) is 7.98. The van der Waals surface area contributed by atoms with Crippen molar-refractivity contribution in [3.63, 3.8) is 0 Å². The number of benzene rings is 1. The van der Waals surface area contributed by atoms with E-state index in [4.69, 9.17) is 4.74 Å². The van der Waals surface area contributed by atoms with E-state index in [-0.39, 0.29) is 6.09 Å². The molecule has 1 saturated heterocycles. The third-order valence-corrected chi connectivity index (χ3v) is 4.74. The van der Waals surface area contributed by atoms with Crippen molar-refractivity contribution in [1.29, 1.82) is 0 Å². The summed E-state index contributed by atoms with van der Waals surface area (Å²) >= 11 is 0. The van der Waals surface area contributed by atoms with Crippen molar-refractivity contribution >= 4 is 17.4 Å². The number of fused-ring (bicyclic) bond motifs is 1. The van der Waals surface area contributed by atoms with Gasteiger partial charge in [-0.25, -0.2) is 14.3 Å². The van der Waals surface area contributed by atoms with Gasteiger partial charge < -0.3 is 14.5 Å². The Labute approximate surface area is 164 Å². The van der Waals surface area contributed by atoms with E-state index in [2.05, 4.69) is 39.2 Å². The highest BCUT2D eigenvalue weighted by molar-refractivity contribution is 5.69. The van der Waals surface area contributed by atoms with Crippen molar-refractivity contribution in [2.24, 2.45) is 0 Å². The predicted octanol–water partition coefficient (Wildman–Crippen LogP) is 3.45. The fraction of sp³-hybridized carbons (Fsp3) is 0.381. The molecule has 1 aliphatic rings. The minimum atomic E-state index is -0.460. The van der Waals surface area contributed by atoms with Gasteiger partial charge in [-0.1, -0.05) is 12.1 Å². The molecule has 0 saturated carbocycles. The van der Waals surface area contributed by atoms with Gasteiger partial charge >= 0.3 is 6.09 Å². The van der Waals surface area contributed by atoms with Crippen LogP contribution in [0.15, 0.2) is 48.9 Å². The Morgan fingerprint density at radius 2 is 1.71 bits per heavy atom. The maximum absolute atomic E-state index is 12.2. The molecule has 146 valence electrons. The first kappa shape index (κ1) is 18.3. The number of hydrogen-bond acceptors (Lipinski definition) is 5. The normalized spacial score (nSPS) is 15.1. The third-order valence-electron chi connectivity index (χ3n) is 4.74. The molecule has 0 bridgehead atoms. The van der Waals surface area contributed by atoms with Gasteiger partial charge in [0.25, 0.3) is 0 Å². The fourth-order valence-corrected chi connectivity index (χ4v) is 3.30. The molecule has 2 aromatic heterocycles. The lowest BCUT2D eigenvalue weighted by atomic mass is 10.1. The summed E-state index contributed by atoms with van der Waals surface area (Å²) in [6, 6.07) is 10.3. The van der Waals surface area contributed by atoms with E-state index in [1.54, 1.807) is 15.6 Å². The van der Waals surface area contributed by atoms with Gasteiger partial charge in [-0.15, -0.1) is 0 Å². The molecular weight excluding hydrogens is 354 g/mol. The standard InChI is InChI=1S/C21H25N5O2/c1-21(2,3)28-20(27)25-12-10-24(11-13-25)18-6-4-16(5-7-18)17-14-22-19-8-9-23-26(19)15-17/h4-9,14-15H,10-13H2,1-3H3. The van der Waals surface area contributed by atoms with Crippen molar-refractivity contribution in [3.8, 4) is 11.1 Å². The van der Waals surface area contributed by atoms with Crippen molar-refractivity contribution < 1.29 is 9.53 Å². The number of aromatic nitrogens is 3. The molecule has 0 N–H and O–H groups in total. The summed E-state index contributed by atoms with van der Waals surface area (Å²) in [5.41, 5.74) is 3.65. The van der Waals surface area contributed by atoms with Crippen LogP contribution in [0.25, 0.3) is 16.8 Å². The van der Waals surface area contributed by atoms with Crippen molar-refractivity contribution in [1.82, 2.24) is 19.5 Å². The van der Waals surface area contributed by atoms with E-state index in [0.717, 1.165) is 35.6 Å². The highest BCUT2D eigenvalue weighted by Crippen LogP contribution is 2.24. The van der Waals surface area contributed by atoms with E-state index in [1.807, 2.05) is 39.2 Å². The highest BCUT2D eigenvalue weighted by Gasteiger charge is 2.25. The predicted molar refractivity (Wildman–Crippen MR) is 108 cm³/mol. The van der Waals surface area contributed by atoms with Gasteiger partial charge in [-0.2, -0.15) is 5.10 Å². The van der Waals surface area contributed by atoms with Gasteiger partial charge in [0.2, 0.25) is 0 Å². The van der Waals surface area contributed by atoms with E-state index in [9.17, 15) is 4.79 Å². The molecule has 1 fully saturated rings. The van der Waals surface area contributed by atoms with Crippen LogP contribution in [0.5, 0.6) is 0 Å². The SMILES string of the molecule is CC(C)(C)OC(=O)N1CCN(c2ccc(-c3cnc4ccnn4c3)cc2)CC1. The molecule has 0 atom stereocenters. The first-order chi connectivity index (χ1) is 13.4. The van der Waals surface area contributed by atoms with Crippen LogP contribution >= 0.6 is 0 Å². The Kier molecular flexibility index (Phi) is 4.66. The van der Waals surface area contributed by atoms with Gasteiger partial charge in [-0.05, 0) is 38.5 Å². The van der Waals surface area contributed by atoms with Crippen molar-refractivity contribution in [2.45, 2.75) is 26.4 Å². The van der Waals surface area contributed by atoms with Crippen LogP contribution in [0.2, 0.25) is 0 Å². The van der Waals surface area contributed by atoms with Crippen LogP contribution in [0.4, 0.5) is 10.5 Å². The molecule has 1 aromatic carbocycles. The second-order valence-corrected chi connectivity index (χ2v) is 7.98. The van der Waals surface area contributed by atoms with Gasteiger partial charge in [0.1, 0.15) is 5.60 Å². The second kappa shape index (κ2) is 7.14. The zero-order valence-electron chi connectivity index (χ0n) is 16.5. The number of hydrogen-bond donors (Lipinski definition) is 0. The summed E-state index contributed by atoms with van der Waals surface area (Å²) < 4.78 is 7.24. The molecule has 28 heavy (non-hydrogen) atoms. The number of carbonyl (C=O) groups excluding carboxylic acids is 1. The number of carbonyl (C=O) groups is 1. The van der Waals surface area contributed by atoms with Gasteiger partial charge in [-0.3, -0.25) is 0 Å². The lowest BCUT2D eigenvalue weighted by Gasteiger charge is -2.36. The maximum Gasteiger partial charge on any atom is 0.410 e. The molecule has 0 spiro atoms. The third kappa shape index (κ3) is 3.93. The van der Waals surface area contributed by atoms with Crippen LogP contribution in [0.1, 0.15) is 20.8 Å². The number of piperazine rings is 1. The molecule has 7 heteroatoms. The zero-order chi connectivity index (χ0) is 19.7. The minimum absolute atomic E-state index is 0.232. The molecule has 0 radical (unpaired) electrons. The summed E-state index contributed by atoms with van der Waals surface area (Å²) in [6.45, 7) is 8.58. The van der Waals surface area contributed by atoms with Crippen molar-refractivity contribution in [2.75, 3.05) is 31.1 Å². The number of anilines is 1. The minimum Gasteiger partial charge on any atom is -0.444 e. The van der Waals surface area contributed by atoms with Crippen LogP contribution in [-0.4, -0.2) is 57.4 Å². The molecule has 0 unspecified atom stereocenters. The summed E-state index contributed by atoms with van der Waals surface area (Å²) in [7, 11) is 0. The zero-order valence-corrected chi connectivity index (χ0v) is 16.5. The summed E-state index contributed by atoms with van der Waals surface area (Å²) in [5, 5.41) is 4.24. The Hall–Kier alpha value is -3.09. The van der Waals surface area contributed by atoms with Crippen molar-refractivity contribution in [3.05, 3.63) is 48.9 Å². The average molecular weight is 379 g/mol. The highest BCUT2D eigenvalue weighted by atomic mass is 16.6. The van der Waals surface area contributed by atoms with Gasteiger partial charge in [0, 0.05) is 55.9 Å². The van der Waals surface area contributed by atoms with Crippen LogP contribution < -0.4 is 4.90 Å². The van der Waals surface area contributed by atoms with Crippen LogP contribution in [-0.2, 0) is 4.74 Å². The fourth-order valence-electron chi connectivity index (χ4n) is 3.30. The molecular formula is C21H25N5O2. The molecule has 1 aliphatic heterocycles. The topological polar surface area (TPSA) is 63.0 Å². The molecule has 4 rings (SSSR count). The summed E-state index contributed by atoms with van der Waals surface area (Å²) in [4.78, 5) is 20.7. The summed E-state index contributed by atoms with van der Waals surface area (Å²) in [5.74, 6) is 0. The van der Waals surface area contributed by atoms with Gasteiger partial charge in [0.15, 0.2) is 5.65 Å². The molecule has 3 aromatic rings. The smallest absolute Gasteiger partial charge is 0.410 e. The van der Waals surface area contributed by atoms with Gasteiger partial charge in [0.05, 0.1) is 6.20 Å². The number of amides is 1. The molecule has 3 heterocycles. The first-order valence-electron chi connectivity index (χ1n) is 9.52. The molecule has 1 amide bonds. The van der Waals surface area contributed by atoms with E-state index in [1.165, 1.54) is 0 Å². The Balaban J connectivity index is 1.40. The Morgan fingerprint density at radius 3 is 2.39 bits per heavy atom. The van der Waals surface area contributed by atoms with E-state index >= 15 is 0 Å². The van der Waals surface area contributed by atoms with Crippen LogP contribution in [0.3, 0.4) is 0 Å². The Bertz CT molecular complexity index is 966. The van der Waals surface area contributed by atoms with Crippen LogP contribution in [0, 0.1) is 0 Å². The summed E-state index contributed by atoms with van der Waals surface area (Å²) in [6.07, 6.45) is 5.36. The maximum atomic E-state index is 12.2. The molecule has 0 aliphatic carbocycles. The Morgan fingerprint density at radius 1 is 1.00 bits per heavy atom. The average Bonchev–Trinajstić information content (AvgIpc) is 3.15. The number of nitrogens with zero attached hydrogens (tertiary/aromatic N) is 5. The monoisotopic (exact) mass is 379 g/mol.